The molecule has 1 fully saturated rings. The van der Waals surface area contributed by atoms with E-state index in [4.69, 9.17) is 16.2 Å². The number of aryl methyl sites for hydroxylation is 1. The lowest BCUT2D eigenvalue weighted by Crippen LogP contribution is -2.38. The number of nitrogens with zero attached hydrogens (tertiary/aromatic N) is 3. The molecule has 0 saturated heterocycles. The molecule has 9 nitrogen and oxygen atoms in total. The maximum Gasteiger partial charge on any atom is 0.258 e. The molecule has 1 aliphatic rings. The normalized spacial score (nSPS) is 17.7. The molecule has 6 N–H and O–H groups in total. The number of aliphatic imine (C=N–C) groups is 1. The number of guanidine groups is 1. The maximum atomic E-state index is 12.9. The van der Waals surface area contributed by atoms with E-state index in [0.717, 1.165) is 42.1 Å². The Morgan fingerprint density at radius 2 is 1.83 bits per heavy atom. The first-order valence-electron chi connectivity index (χ1n) is 12.0. The highest BCUT2D eigenvalue weighted by Crippen LogP contribution is 2.29. The minimum atomic E-state index is -0.297. The maximum absolute atomic E-state index is 12.9. The first-order valence-corrected chi connectivity index (χ1v) is 12.0. The zero-order chi connectivity index (χ0) is 24.9. The molecule has 4 rings (SSSR count). The molecule has 2 aromatic carbocycles. The van der Waals surface area contributed by atoms with Crippen molar-refractivity contribution >= 4 is 34.5 Å². The fourth-order valence-electron chi connectivity index (χ4n) is 4.34. The van der Waals surface area contributed by atoms with Gasteiger partial charge in [0.15, 0.2) is 5.96 Å². The van der Waals surface area contributed by atoms with Crippen LogP contribution in [-0.2, 0) is 0 Å². The largest absolute Gasteiger partial charge is 0.491 e. The molecular formula is C26H33N7O2. The number of nitrogens with one attached hydrogen (secondary N) is 2. The van der Waals surface area contributed by atoms with E-state index in [1.54, 1.807) is 24.3 Å². The number of benzene rings is 2. The van der Waals surface area contributed by atoms with Crippen molar-refractivity contribution in [2.45, 2.75) is 64.6 Å². The number of hydrogen-bond acceptors (Lipinski definition) is 6. The van der Waals surface area contributed by atoms with Crippen LogP contribution in [0.1, 0.15) is 55.5 Å². The van der Waals surface area contributed by atoms with Crippen LogP contribution in [0, 0.1) is 6.92 Å². The fourth-order valence-corrected chi connectivity index (χ4v) is 4.34. The predicted molar refractivity (Wildman–Crippen MR) is 140 cm³/mol. The van der Waals surface area contributed by atoms with Crippen molar-refractivity contribution in [3.8, 4) is 5.75 Å². The highest BCUT2D eigenvalue weighted by molar-refractivity contribution is 6.04. The van der Waals surface area contributed by atoms with Crippen LogP contribution >= 0.6 is 0 Å². The SMILES string of the molecule is Cc1ccc2nc(NC(=O)c3ccc(OC(C)C)cc3)nc(N[C@H]3CCCC[C@H]3N=C(N)N)c2c1. The summed E-state index contributed by atoms with van der Waals surface area (Å²) in [6, 6.07) is 12.9. The van der Waals surface area contributed by atoms with Gasteiger partial charge >= 0.3 is 0 Å². The van der Waals surface area contributed by atoms with E-state index in [9.17, 15) is 4.79 Å². The van der Waals surface area contributed by atoms with E-state index in [1.165, 1.54) is 0 Å². The Morgan fingerprint density at radius 1 is 1.09 bits per heavy atom. The van der Waals surface area contributed by atoms with Crippen LogP contribution in [0.15, 0.2) is 47.5 Å². The monoisotopic (exact) mass is 475 g/mol. The molecule has 184 valence electrons. The van der Waals surface area contributed by atoms with Gasteiger partial charge in [0, 0.05) is 10.9 Å². The third kappa shape index (κ3) is 6.17. The predicted octanol–water partition coefficient (Wildman–Crippen LogP) is 3.97. The number of fused-ring (bicyclic) bond motifs is 1. The number of nitrogens with two attached hydrogens (primary N) is 2. The van der Waals surface area contributed by atoms with Crippen molar-refractivity contribution in [3.63, 3.8) is 0 Å². The summed E-state index contributed by atoms with van der Waals surface area (Å²) in [5, 5.41) is 7.27. The lowest BCUT2D eigenvalue weighted by molar-refractivity contribution is 0.102. The first-order chi connectivity index (χ1) is 16.8. The second-order valence-corrected chi connectivity index (χ2v) is 9.22. The number of anilines is 2. The molecule has 35 heavy (non-hydrogen) atoms. The molecule has 0 aliphatic heterocycles. The number of amides is 1. The van der Waals surface area contributed by atoms with Gasteiger partial charge in [-0.2, -0.15) is 4.98 Å². The summed E-state index contributed by atoms with van der Waals surface area (Å²) in [5.41, 5.74) is 13.7. The lowest BCUT2D eigenvalue weighted by Gasteiger charge is -2.30. The molecule has 1 amide bonds. The van der Waals surface area contributed by atoms with Gasteiger partial charge in [0.05, 0.1) is 23.7 Å². The third-order valence-electron chi connectivity index (χ3n) is 5.93. The van der Waals surface area contributed by atoms with Crippen molar-refractivity contribution in [2.75, 3.05) is 10.6 Å². The molecule has 1 heterocycles. The van der Waals surface area contributed by atoms with Crippen LogP contribution in [-0.4, -0.2) is 40.0 Å². The Bertz CT molecular complexity index is 1220. The van der Waals surface area contributed by atoms with Crippen molar-refractivity contribution in [2.24, 2.45) is 16.5 Å². The molecule has 0 spiro atoms. The van der Waals surface area contributed by atoms with Gasteiger partial charge in [0.1, 0.15) is 11.6 Å². The Hall–Kier alpha value is -3.88. The van der Waals surface area contributed by atoms with E-state index in [-0.39, 0.29) is 36.0 Å². The summed E-state index contributed by atoms with van der Waals surface area (Å²) in [6.07, 6.45) is 4.04. The van der Waals surface area contributed by atoms with Crippen molar-refractivity contribution in [3.05, 3.63) is 53.6 Å². The summed E-state index contributed by atoms with van der Waals surface area (Å²) in [4.78, 5) is 26.6. The van der Waals surface area contributed by atoms with Crippen LogP contribution in [0.25, 0.3) is 10.9 Å². The van der Waals surface area contributed by atoms with Crippen LogP contribution in [0.3, 0.4) is 0 Å². The lowest BCUT2D eigenvalue weighted by atomic mass is 9.90. The van der Waals surface area contributed by atoms with Gasteiger partial charge < -0.3 is 21.5 Å². The van der Waals surface area contributed by atoms with Gasteiger partial charge in [-0.3, -0.25) is 10.1 Å². The van der Waals surface area contributed by atoms with Gasteiger partial charge in [-0.15, -0.1) is 0 Å². The average Bonchev–Trinajstić information content (AvgIpc) is 2.80. The second kappa shape index (κ2) is 10.6. The summed E-state index contributed by atoms with van der Waals surface area (Å²) in [7, 11) is 0. The molecule has 1 aliphatic carbocycles. The van der Waals surface area contributed by atoms with Gasteiger partial charge in [-0.25, -0.2) is 9.98 Å². The second-order valence-electron chi connectivity index (χ2n) is 9.22. The minimum Gasteiger partial charge on any atom is -0.491 e. The highest BCUT2D eigenvalue weighted by Gasteiger charge is 2.26. The number of carbonyl (C=O) groups is 1. The van der Waals surface area contributed by atoms with E-state index in [0.29, 0.717) is 17.1 Å². The average molecular weight is 476 g/mol. The van der Waals surface area contributed by atoms with E-state index >= 15 is 0 Å². The Balaban J connectivity index is 1.61. The van der Waals surface area contributed by atoms with Gasteiger partial charge in [-0.05, 0) is 70.0 Å². The van der Waals surface area contributed by atoms with Crippen LogP contribution in [0.2, 0.25) is 0 Å². The molecule has 0 bridgehead atoms. The molecule has 9 heteroatoms. The summed E-state index contributed by atoms with van der Waals surface area (Å²) in [5.74, 6) is 1.38. The van der Waals surface area contributed by atoms with E-state index in [1.807, 2.05) is 39.0 Å². The fraction of sp³-hybridized carbons (Fsp3) is 0.385. The molecule has 0 radical (unpaired) electrons. The van der Waals surface area contributed by atoms with Crippen LogP contribution < -0.4 is 26.8 Å². The minimum absolute atomic E-state index is 0.0292. The molecule has 3 aromatic rings. The standard InChI is InChI=1S/C26H33N7O2/c1-15(2)35-18-11-9-17(10-12-18)24(34)33-26-31-20-13-8-16(3)14-19(20)23(32-26)29-21-6-4-5-7-22(21)30-25(27)28/h8-15,21-22H,4-7H2,1-3H3,(H4,27,28,30)(H2,29,31,32,33,34)/t21-,22+/m0/s1. The van der Waals surface area contributed by atoms with Gasteiger partial charge in [0.2, 0.25) is 5.95 Å². The van der Waals surface area contributed by atoms with Crippen LogP contribution in [0.4, 0.5) is 11.8 Å². The highest BCUT2D eigenvalue weighted by atomic mass is 16.5. The van der Waals surface area contributed by atoms with Crippen molar-refractivity contribution < 1.29 is 9.53 Å². The van der Waals surface area contributed by atoms with E-state index in [2.05, 4.69) is 25.6 Å². The number of rotatable bonds is 7. The first kappa shape index (κ1) is 24.3. The Kier molecular flexibility index (Phi) is 7.33. The summed E-state index contributed by atoms with van der Waals surface area (Å²) >= 11 is 0. The van der Waals surface area contributed by atoms with Gasteiger partial charge in [0.25, 0.3) is 5.91 Å². The Labute approximate surface area is 205 Å². The summed E-state index contributed by atoms with van der Waals surface area (Å²) < 4.78 is 5.66. The molecule has 1 saturated carbocycles. The van der Waals surface area contributed by atoms with Gasteiger partial charge in [-0.1, -0.05) is 24.5 Å². The number of carbonyl (C=O) groups excluding carboxylic acids is 1. The molecule has 1 aromatic heterocycles. The summed E-state index contributed by atoms with van der Waals surface area (Å²) in [6.45, 7) is 5.93. The molecule has 2 atom stereocenters. The third-order valence-corrected chi connectivity index (χ3v) is 5.93. The number of aromatic nitrogens is 2. The smallest absolute Gasteiger partial charge is 0.258 e. The Morgan fingerprint density at radius 3 is 2.54 bits per heavy atom. The molecular weight excluding hydrogens is 442 g/mol. The zero-order valence-corrected chi connectivity index (χ0v) is 20.4. The quantitative estimate of drug-likeness (QED) is 0.299. The van der Waals surface area contributed by atoms with Crippen LogP contribution in [0.5, 0.6) is 5.75 Å². The van der Waals surface area contributed by atoms with Crippen molar-refractivity contribution in [1.82, 2.24) is 9.97 Å². The number of hydrogen-bond donors (Lipinski definition) is 4. The molecule has 0 unspecified atom stereocenters. The number of ether oxygens (including phenoxy) is 1. The topological polar surface area (TPSA) is 141 Å². The van der Waals surface area contributed by atoms with E-state index < -0.39 is 0 Å². The zero-order valence-electron chi connectivity index (χ0n) is 20.4. The van der Waals surface area contributed by atoms with Crippen molar-refractivity contribution in [1.29, 1.82) is 0 Å².